The van der Waals surface area contributed by atoms with Crippen molar-refractivity contribution in [2.45, 2.75) is 44.8 Å². The minimum atomic E-state index is -0.406. The Labute approximate surface area is 120 Å². The molecule has 0 heterocycles. The molecule has 1 fully saturated rings. The summed E-state index contributed by atoms with van der Waals surface area (Å²) in [4.78, 5) is 14.2. The second kappa shape index (κ2) is 6.27. The van der Waals surface area contributed by atoms with E-state index in [2.05, 4.69) is 0 Å². The second-order valence-corrected chi connectivity index (χ2v) is 5.52. The summed E-state index contributed by atoms with van der Waals surface area (Å²) in [6.07, 6.45) is 3.36. The molecule has 2 rings (SSSR count). The van der Waals surface area contributed by atoms with Crippen molar-refractivity contribution in [3.63, 3.8) is 0 Å². The summed E-state index contributed by atoms with van der Waals surface area (Å²) in [5, 5.41) is 10.1. The van der Waals surface area contributed by atoms with Gasteiger partial charge in [-0.25, -0.2) is 0 Å². The SMILES string of the molecule is COc1ccc(C(=O)N(C)[C@@H]2CCCC[C@H]2O)cc1C. The van der Waals surface area contributed by atoms with Gasteiger partial charge in [-0.3, -0.25) is 4.79 Å². The van der Waals surface area contributed by atoms with E-state index in [0.717, 1.165) is 37.0 Å². The van der Waals surface area contributed by atoms with E-state index in [0.29, 0.717) is 5.56 Å². The summed E-state index contributed by atoms with van der Waals surface area (Å²) < 4.78 is 5.21. The van der Waals surface area contributed by atoms with Crippen LogP contribution < -0.4 is 4.74 Å². The van der Waals surface area contributed by atoms with E-state index in [9.17, 15) is 9.90 Å². The first-order valence-corrected chi connectivity index (χ1v) is 7.14. The van der Waals surface area contributed by atoms with Crippen molar-refractivity contribution in [2.24, 2.45) is 0 Å². The monoisotopic (exact) mass is 277 g/mol. The Morgan fingerprint density at radius 1 is 1.35 bits per heavy atom. The van der Waals surface area contributed by atoms with Crippen molar-refractivity contribution in [3.8, 4) is 5.75 Å². The molecule has 1 saturated carbocycles. The van der Waals surface area contributed by atoms with Gasteiger partial charge in [-0.05, 0) is 43.5 Å². The molecule has 0 radical (unpaired) electrons. The Kier molecular flexibility index (Phi) is 4.65. The number of ether oxygens (including phenoxy) is 1. The maximum atomic E-state index is 12.5. The summed E-state index contributed by atoms with van der Waals surface area (Å²) >= 11 is 0. The molecular formula is C16H23NO3. The summed E-state index contributed by atoms with van der Waals surface area (Å²) in [6.45, 7) is 1.92. The molecule has 1 aliphatic rings. The first-order valence-electron chi connectivity index (χ1n) is 7.14. The number of aliphatic hydroxyl groups is 1. The summed E-state index contributed by atoms with van der Waals surface area (Å²) in [5.41, 5.74) is 1.58. The minimum Gasteiger partial charge on any atom is -0.496 e. The van der Waals surface area contributed by atoms with Crippen molar-refractivity contribution in [3.05, 3.63) is 29.3 Å². The van der Waals surface area contributed by atoms with E-state index in [4.69, 9.17) is 4.74 Å². The summed E-state index contributed by atoms with van der Waals surface area (Å²) in [6, 6.07) is 5.36. The minimum absolute atomic E-state index is 0.0401. The predicted octanol–water partition coefficient (Wildman–Crippen LogP) is 2.38. The lowest BCUT2D eigenvalue weighted by atomic mass is 9.91. The summed E-state index contributed by atoms with van der Waals surface area (Å²) in [7, 11) is 3.40. The van der Waals surface area contributed by atoms with E-state index in [1.165, 1.54) is 0 Å². The molecule has 0 saturated heterocycles. The first kappa shape index (κ1) is 14.9. The highest BCUT2D eigenvalue weighted by atomic mass is 16.5. The van der Waals surface area contributed by atoms with E-state index in [1.807, 2.05) is 19.1 Å². The number of methoxy groups -OCH3 is 1. The van der Waals surface area contributed by atoms with Crippen molar-refractivity contribution < 1.29 is 14.6 Å². The Bertz CT molecular complexity index is 487. The van der Waals surface area contributed by atoms with Crippen molar-refractivity contribution in [2.75, 3.05) is 14.2 Å². The second-order valence-electron chi connectivity index (χ2n) is 5.52. The van der Waals surface area contributed by atoms with E-state index in [1.54, 1.807) is 25.1 Å². The van der Waals surface area contributed by atoms with Crippen molar-refractivity contribution in [1.82, 2.24) is 4.90 Å². The molecule has 0 aromatic heterocycles. The van der Waals surface area contributed by atoms with Gasteiger partial charge in [0, 0.05) is 12.6 Å². The Morgan fingerprint density at radius 3 is 2.65 bits per heavy atom. The fraction of sp³-hybridized carbons (Fsp3) is 0.562. The van der Waals surface area contributed by atoms with Crippen LogP contribution in [0.5, 0.6) is 5.75 Å². The van der Waals surface area contributed by atoms with Gasteiger partial charge in [-0.1, -0.05) is 12.8 Å². The van der Waals surface area contributed by atoms with Crippen LogP contribution in [0.15, 0.2) is 18.2 Å². The number of hydrogen-bond donors (Lipinski definition) is 1. The number of amides is 1. The number of carbonyl (C=O) groups excluding carboxylic acids is 1. The molecule has 4 heteroatoms. The number of carbonyl (C=O) groups is 1. The molecule has 0 aliphatic heterocycles. The van der Waals surface area contributed by atoms with Gasteiger partial charge < -0.3 is 14.7 Å². The highest BCUT2D eigenvalue weighted by Crippen LogP contribution is 2.25. The third kappa shape index (κ3) is 2.96. The maximum absolute atomic E-state index is 12.5. The van der Waals surface area contributed by atoms with Gasteiger partial charge >= 0.3 is 0 Å². The third-order valence-corrected chi connectivity index (χ3v) is 4.15. The Morgan fingerprint density at radius 2 is 2.05 bits per heavy atom. The van der Waals surface area contributed by atoms with Crippen LogP contribution in [0, 0.1) is 6.92 Å². The topological polar surface area (TPSA) is 49.8 Å². The predicted molar refractivity (Wildman–Crippen MR) is 78.1 cm³/mol. The molecule has 0 bridgehead atoms. The van der Waals surface area contributed by atoms with Gasteiger partial charge in [0.05, 0.1) is 19.3 Å². The van der Waals surface area contributed by atoms with E-state index < -0.39 is 6.10 Å². The third-order valence-electron chi connectivity index (χ3n) is 4.15. The molecule has 110 valence electrons. The van der Waals surface area contributed by atoms with Crippen LogP contribution in [0.4, 0.5) is 0 Å². The number of benzene rings is 1. The van der Waals surface area contributed by atoms with Gasteiger partial charge in [-0.15, -0.1) is 0 Å². The molecule has 0 spiro atoms. The Hall–Kier alpha value is -1.55. The molecule has 0 unspecified atom stereocenters. The molecule has 1 aliphatic carbocycles. The van der Waals surface area contributed by atoms with Crippen LogP contribution in [-0.2, 0) is 0 Å². The lowest BCUT2D eigenvalue weighted by Gasteiger charge is -2.35. The number of nitrogens with zero attached hydrogens (tertiary/aromatic N) is 1. The van der Waals surface area contributed by atoms with Crippen LogP contribution in [0.25, 0.3) is 0 Å². The highest BCUT2D eigenvalue weighted by Gasteiger charge is 2.29. The zero-order valence-corrected chi connectivity index (χ0v) is 12.4. The van der Waals surface area contributed by atoms with Crippen molar-refractivity contribution in [1.29, 1.82) is 0 Å². The lowest BCUT2D eigenvalue weighted by Crippen LogP contribution is -2.46. The van der Waals surface area contributed by atoms with Gasteiger partial charge in [0.2, 0.25) is 0 Å². The van der Waals surface area contributed by atoms with Crippen LogP contribution in [0.3, 0.4) is 0 Å². The van der Waals surface area contributed by atoms with Crippen LogP contribution in [0.2, 0.25) is 0 Å². The molecule has 20 heavy (non-hydrogen) atoms. The fourth-order valence-electron chi connectivity index (χ4n) is 2.91. The molecule has 2 atom stereocenters. The van der Waals surface area contributed by atoms with Gasteiger partial charge in [0.1, 0.15) is 5.75 Å². The van der Waals surface area contributed by atoms with E-state index in [-0.39, 0.29) is 11.9 Å². The Balaban J connectivity index is 2.15. The normalized spacial score (nSPS) is 22.4. The van der Waals surface area contributed by atoms with Crippen LogP contribution in [0.1, 0.15) is 41.6 Å². The number of aryl methyl sites for hydroxylation is 1. The average molecular weight is 277 g/mol. The standard InChI is InChI=1S/C16H23NO3/c1-11-10-12(8-9-15(11)20-3)16(19)17(2)13-6-4-5-7-14(13)18/h8-10,13-14,18H,4-7H2,1-3H3/t13-,14-/m1/s1. The summed E-state index contributed by atoms with van der Waals surface area (Å²) in [5.74, 6) is 0.739. The first-order chi connectivity index (χ1) is 9.54. The molecule has 1 amide bonds. The number of rotatable bonds is 3. The number of hydrogen-bond acceptors (Lipinski definition) is 3. The maximum Gasteiger partial charge on any atom is 0.253 e. The van der Waals surface area contributed by atoms with Crippen LogP contribution in [-0.4, -0.2) is 42.2 Å². The fourth-order valence-corrected chi connectivity index (χ4v) is 2.91. The van der Waals surface area contributed by atoms with Crippen molar-refractivity contribution >= 4 is 5.91 Å². The number of aliphatic hydroxyl groups excluding tert-OH is 1. The van der Waals surface area contributed by atoms with Gasteiger partial charge in [0.25, 0.3) is 5.91 Å². The van der Waals surface area contributed by atoms with Gasteiger partial charge in [0.15, 0.2) is 0 Å². The zero-order chi connectivity index (χ0) is 14.7. The largest absolute Gasteiger partial charge is 0.496 e. The molecule has 1 N–H and O–H groups in total. The lowest BCUT2D eigenvalue weighted by molar-refractivity contribution is 0.0268. The molecule has 4 nitrogen and oxygen atoms in total. The smallest absolute Gasteiger partial charge is 0.253 e. The molecule has 1 aromatic carbocycles. The quantitative estimate of drug-likeness (QED) is 0.923. The molecular weight excluding hydrogens is 254 g/mol. The average Bonchev–Trinajstić information content (AvgIpc) is 2.46. The van der Waals surface area contributed by atoms with Gasteiger partial charge in [-0.2, -0.15) is 0 Å². The number of likely N-dealkylation sites (N-methyl/N-ethyl adjacent to an activating group) is 1. The van der Waals surface area contributed by atoms with Crippen LogP contribution >= 0.6 is 0 Å². The zero-order valence-electron chi connectivity index (χ0n) is 12.4. The van der Waals surface area contributed by atoms with E-state index >= 15 is 0 Å². The highest BCUT2D eigenvalue weighted by molar-refractivity contribution is 5.94. The molecule has 1 aromatic rings.